The lowest BCUT2D eigenvalue weighted by Gasteiger charge is -2.29. The molecule has 0 atom stereocenters. The smallest absolute Gasteiger partial charge is 0.258 e. The molecule has 0 N–H and O–H groups in total. The van der Waals surface area contributed by atoms with Crippen molar-refractivity contribution in [1.29, 1.82) is 0 Å². The normalized spacial score (nSPS) is 19.3. The van der Waals surface area contributed by atoms with Crippen LogP contribution in [0.1, 0.15) is 29.4 Å². The van der Waals surface area contributed by atoms with Gasteiger partial charge < -0.3 is 23.8 Å². The van der Waals surface area contributed by atoms with E-state index in [1.165, 1.54) is 9.99 Å². The topological polar surface area (TPSA) is 84.3 Å². The predicted octanol–water partition coefficient (Wildman–Crippen LogP) is 3.86. The van der Waals surface area contributed by atoms with E-state index in [-0.39, 0.29) is 10.8 Å². The molecule has 3 aliphatic heterocycles. The highest BCUT2D eigenvalue weighted by Crippen LogP contribution is 2.40. The number of aryl methyl sites for hydroxylation is 1. The van der Waals surface area contributed by atoms with E-state index < -0.39 is 10.0 Å². The molecule has 3 aliphatic rings. The van der Waals surface area contributed by atoms with E-state index in [0.29, 0.717) is 44.0 Å². The fourth-order valence-electron chi connectivity index (χ4n) is 6.01. The van der Waals surface area contributed by atoms with E-state index in [0.717, 1.165) is 54.6 Å². The van der Waals surface area contributed by atoms with E-state index >= 15 is 0 Å². The van der Waals surface area contributed by atoms with Crippen LogP contribution in [0.2, 0.25) is 0 Å². The molecule has 2 saturated heterocycles. The molecule has 4 heterocycles. The Balaban J connectivity index is 1.36. The van der Waals surface area contributed by atoms with Gasteiger partial charge in [-0.1, -0.05) is 0 Å². The molecule has 1 amide bonds. The SMILES string of the molecule is CCN1C(=O)/C(=C/c2cc(C)n(-c3ccc(N4CCOCC4)cc3)c2C)c2cc(S(=O)(=O)N3CCOCC3)ccc21. The molecule has 0 unspecified atom stereocenters. The number of anilines is 2. The van der Waals surface area contributed by atoms with Gasteiger partial charge in [0.1, 0.15) is 0 Å². The lowest BCUT2D eigenvalue weighted by atomic mass is 10.0. The lowest BCUT2D eigenvalue weighted by Crippen LogP contribution is -2.40. The third kappa shape index (κ3) is 4.99. The van der Waals surface area contributed by atoms with Crippen molar-refractivity contribution in [3.8, 4) is 5.69 Å². The summed E-state index contributed by atoms with van der Waals surface area (Å²) in [6, 6.07) is 15.6. The van der Waals surface area contributed by atoms with Crippen LogP contribution in [-0.4, -0.2) is 82.3 Å². The van der Waals surface area contributed by atoms with Crippen LogP contribution in [0.25, 0.3) is 17.3 Å². The van der Waals surface area contributed by atoms with Crippen LogP contribution in [0.3, 0.4) is 0 Å². The molecular formula is C31H36N4O5S. The number of hydrogen-bond acceptors (Lipinski definition) is 6. The van der Waals surface area contributed by atoms with Crippen molar-refractivity contribution in [3.05, 3.63) is 71.0 Å². The highest BCUT2D eigenvalue weighted by atomic mass is 32.2. The van der Waals surface area contributed by atoms with Crippen LogP contribution in [0.15, 0.2) is 53.4 Å². The van der Waals surface area contributed by atoms with Gasteiger partial charge in [0, 0.05) is 66.6 Å². The van der Waals surface area contributed by atoms with Gasteiger partial charge in [-0.2, -0.15) is 4.31 Å². The fraction of sp³-hybridized carbons (Fsp3) is 0.387. The maximum Gasteiger partial charge on any atom is 0.258 e. The van der Waals surface area contributed by atoms with Crippen LogP contribution in [-0.2, 0) is 24.3 Å². The van der Waals surface area contributed by atoms with Crippen LogP contribution in [0.4, 0.5) is 11.4 Å². The first-order chi connectivity index (χ1) is 19.8. The number of benzene rings is 2. The first-order valence-corrected chi connectivity index (χ1v) is 15.6. The molecule has 0 saturated carbocycles. The summed E-state index contributed by atoms with van der Waals surface area (Å²) in [4.78, 5) is 17.8. The average Bonchev–Trinajstić information content (AvgIpc) is 3.44. The van der Waals surface area contributed by atoms with Crippen LogP contribution >= 0.6 is 0 Å². The predicted molar refractivity (Wildman–Crippen MR) is 160 cm³/mol. The number of carbonyl (C=O) groups excluding carboxylic acids is 1. The van der Waals surface area contributed by atoms with Gasteiger partial charge in [-0.15, -0.1) is 0 Å². The van der Waals surface area contributed by atoms with Gasteiger partial charge in [0.2, 0.25) is 10.0 Å². The van der Waals surface area contributed by atoms with Crippen molar-refractivity contribution < 1.29 is 22.7 Å². The van der Waals surface area contributed by atoms with Crippen molar-refractivity contribution in [2.24, 2.45) is 0 Å². The van der Waals surface area contributed by atoms with Crippen LogP contribution < -0.4 is 9.80 Å². The Hall–Kier alpha value is -3.44. The summed E-state index contributed by atoms with van der Waals surface area (Å²) in [7, 11) is -3.70. The van der Waals surface area contributed by atoms with Crippen molar-refractivity contribution in [1.82, 2.24) is 8.87 Å². The maximum atomic E-state index is 13.6. The minimum absolute atomic E-state index is 0.122. The highest BCUT2D eigenvalue weighted by Gasteiger charge is 2.34. The molecular weight excluding hydrogens is 540 g/mol. The van der Waals surface area contributed by atoms with Gasteiger partial charge in [0.05, 0.1) is 37.0 Å². The molecule has 41 heavy (non-hydrogen) atoms. The molecule has 1 aromatic heterocycles. The molecule has 0 spiro atoms. The number of hydrogen-bond donors (Lipinski definition) is 0. The van der Waals surface area contributed by atoms with E-state index in [1.807, 2.05) is 19.9 Å². The molecule has 0 aliphatic carbocycles. The monoisotopic (exact) mass is 576 g/mol. The number of sulfonamides is 1. The summed E-state index contributed by atoms with van der Waals surface area (Å²) in [5.41, 5.74) is 7.09. The minimum atomic E-state index is -3.70. The zero-order valence-electron chi connectivity index (χ0n) is 23.8. The van der Waals surface area contributed by atoms with Crippen molar-refractivity contribution in [2.45, 2.75) is 25.7 Å². The number of ether oxygens (including phenoxy) is 2. The Morgan fingerprint density at radius 3 is 2.15 bits per heavy atom. The van der Waals surface area contributed by atoms with Crippen LogP contribution in [0, 0.1) is 13.8 Å². The number of rotatable bonds is 6. The lowest BCUT2D eigenvalue weighted by molar-refractivity contribution is -0.112. The third-order valence-corrected chi connectivity index (χ3v) is 10.1. The van der Waals surface area contributed by atoms with E-state index in [1.54, 1.807) is 23.1 Å². The molecule has 2 aromatic carbocycles. The maximum absolute atomic E-state index is 13.6. The molecule has 6 rings (SSSR count). The number of likely N-dealkylation sites (N-methyl/N-ethyl adjacent to an activating group) is 1. The Morgan fingerprint density at radius 2 is 1.49 bits per heavy atom. The second-order valence-electron chi connectivity index (χ2n) is 10.6. The first kappa shape index (κ1) is 27.7. The average molecular weight is 577 g/mol. The number of fused-ring (bicyclic) bond motifs is 1. The molecule has 3 aromatic rings. The summed E-state index contributed by atoms with van der Waals surface area (Å²) < 4.78 is 41.3. The van der Waals surface area contributed by atoms with Gasteiger partial charge >= 0.3 is 0 Å². The van der Waals surface area contributed by atoms with Gasteiger partial charge in [-0.3, -0.25) is 4.79 Å². The van der Waals surface area contributed by atoms with E-state index in [9.17, 15) is 13.2 Å². The molecule has 0 radical (unpaired) electrons. The fourth-order valence-corrected chi connectivity index (χ4v) is 7.44. The molecule has 216 valence electrons. The molecule has 10 heteroatoms. The van der Waals surface area contributed by atoms with E-state index in [2.05, 4.69) is 46.7 Å². The number of nitrogens with zero attached hydrogens (tertiary/aromatic N) is 4. The Bertz CT molecular complexity index is 1600. The summed E-state index contributed by atoms with van der Waals surface area (Å²) >= 11 is 0. The van der Waals surface area contributed by atoms with Crippen molar-refractivity contribution >= 4 is 39.0 Å². The second-order valence-corrected chi connectivity index (χ2v) is 12.5. The summed E-state index contributed by atoms with van der Waals surface area (Å²) in [5, 5.41) is 0. The van der Waals surface area contributed by atoms with E-state index in [4.69, 9.17) is 9.47 Å². The highest BCUT2D eigenvalue weighted by molar-refractivity contribution is 7.89. The van der Waals surface area contributed by atoms with Gasteiger partial charge in [-0.05, 0) is 80.9 Å². The largest absolute Gasteiger partial charge is 0.379 e. The Labute approximate surface area is 241 Å². The minimum Gasteiger partial charge on any atom is -0.379 e. The third-order valence-electron chi connectivity index (χ3n) is 8.20. The Kier molecular flexibility index (Phi) is 7.50. The van der Waals surface area contributed by atoms with Gasteiger partial charge in [0.25, 0.3) is 5.91 Å². The standard InChI is InChI=1S/C31H36N4O5S/c1-4-34-30-10-9-27(41(37,38)33-13-17-40-18-14-33)21-28(30)29(31(34)36)20-24-19-22(2)35(23(24)3)26-7-5-25(6-8-26)32-11-15-39-16-12-32/h5-10,19-21H,4,11-18H2,1-3H3/b29-20+. The zero-order chi connectivity index (χ0) is 28.7. The first-order valence-electron chi connectivity index (χ1n) is 14.2. The number of carbonyl (C=O) groups is 1. The van der Waals surface area contributed by atoms with Crippen molar-refractivity contribution in [2.75, 3.05) is 69.0 Å². The second kappa shape index (κ2) is 11.1. The summed E-state index contributed by atoms with van der Waals surface area (Å²) in [6.45, 7) is 11.2. The summed E-state index contributed by atoms with van der Waals surface area (Å²) in [5.74, 6) is -0.122. The molecule has 0 bridgehead atoms. The number of morpholine rings is 2. The molecule has 9 nitrogen and oxygen atoms in total. The Morgan fingerprint density at radius 1 is 0.854 bits per heavy atom. The number of amides is 1. The quantitative estimate of drug-likeness (QED) is 0.415. The summed E-state index contributed by atoms with van der Waals surface area (Å²) in [6.07, 6.45) is 1.91. The zero-order valence-corrected chi connectivity index (χ0v) is 24.6. The van der Waals surface area contributed by atoms with Gasteiger partial charge in [0.15, 0.2) is 0 Å². The number of aromatic nitrogens is 1. The van der Waals surface area contributed by atoms with Crippen molar-refractivity contribution in [3.63, 3.8) is 0 Å². The van der Waals surface area contributed by atoms with Gasteiger partial charge in [-0.25, -0.2) is 8.42 Å². The molecule has 2 fully saturated rings. The van der Waals surface area contributed by atoms with Crippen LogP contribution in [0.5, 0.6) is 0 Å².